The zero-order valence-corrected chi connectivity index (χ0v) is 9.82. The van der Waals surface area contributed by atoms with Crippen molar-refractivity contribution in [1.82, 2.24) is 4.90 Å². The fourth-order valence-electron chi connectivity index (χ4n) is 2.03. The maximum absolute atomic E-state index is 11.0. The number of morpholine rings is 1. The van der Waals surface area contributed by atoms with E-state index in [4.69, 9.17) is 10.00 Å². The highest BCUT2D eigenvalue weighted by Gasteiger charge is 2.30. The zero-order valence-electron chi connectivity index (χ0n) is 9.82. The Hall–Kier alpha value is -1.74. The second-order valence-electron chi connectivity index (χ2n) is 4.17. The van der Waals surface area contributed by atoms with Gasteiger partial charge in [0.25, 0.3) is 0 Å². The van der Waals surface area contributed by atoms with Crippen LogP contribution in [0.1, 0.15) is 11.1 Å². The molecule has 94 valence electrons. The quantitative estimate of drug-likeness (QED) is 0.775. The molecule has 0 aliphatic carbocycles. The summed E-state index contributed by atoms with van der Waals surface area (Å²) in [7, 11) is 0. The molecule has 2 unspecified atom stereocenters. The van der Waals surface area contributed by atoms with Gasteiger partial charge in [0.2, 0.25) is 0 Å². The summed E-state index contributed by atoms with van der Waals surface area (Å²) in [4.78, 5) is 12.8. The highest BCUT2D eigenvalue weighted by molar-refractivity contribution is 5.58. The largest absolute Gasteiger partial charge is 0.366 e. The number of rotatable bonds is 3. The molecule has 5 heteroatoms. The van der Waals surface area contributed by atoms with E-state index < -0.39 is 12.3 Å². The van der Waals surface area contributed by atoms with Crippen LogP contribution in [-0.4, -0.2) is 41.8 Å². The molecule has 2 atom stereocenters. The summed E-state index contributed by atoms with van der Waals surface area (Å²) < 4.78 is 5.02. The Morgan fingerprint density at radius 3 is 3.17 bits per heavy atom. The predicted octanol–water partition coefficient (Wildman–Crippen LogP) is 0.276. The number of benzene rings is 1. The monoisotopic (exact) mass is 246 g/mol. The van der Waals surface area contributed by atoms with E-state index in [-0.39, 0.29) is 0 Å². The Balaban J connectivity index is 2.12. The number of nitrogens with zero attached hydrogens (tertiary/aromatic N) is 2. The number of hydrogen-bond acceptors (Lipinski definition) is 5. The molecule has 5 nitrogen and oxygen atoms in total. The van der Waals surface area contributed by atoms with Gasteiger partial charge < -0.3 is 14.6 Å². The Morgan fingerprint density at radius 2 is 2.44 bits per heavy atom. The lowest BCUT2D eigenvalue weighted by Crippen LogP contribution is -2.51. The van der Waals surface area contributed by atoms with Crippen molar-refractivity contribution in [2.75, 3.05) is 13.2 Å². The summed E-state index contributed by atoms with van der Waals surface area (Å²) in [5.41, 5.74) is 1.53. The van der Waals surface area contributed by atoms with Crippen molar-refractivity contribution in [3.05, 3.63) is 35.4 Å². The lowest BCUT2D eigenvalue weighted by molar-refractivity contribution is -0.180. The third-order valence-electron chi connectivity index (χ3n) is 2.96. The van der Waals surface area contributed by atoms with Crippen molar-refractivity contribution in [1.29, 1.82) is 5.26 Å². The molecule has 0 saturated carbocycles. The van der Waals surface area contributed by atoms with Gasteiger partial charge >= 0.3 is 0 Å². The number of hydrogen-bond donors (Lipinski definition) is 1. The van der Waals surface area contributed by atoms with E-state index in [0.29, 0.717) is 31.5 Å². The fourth-order valence-corrected chi connectivity index (χ4v) is 2.03. The van der Waals surface area contributed by atoms with Crippen LogP contribution in [0.5, 0.6) is 0 Å². The number of nitriles is 1. The topological polar surface area (TPSA) is 73.6 Å². The van der Waals surface area contributed by atoms with E-state index in [1.165, 1.54) is 0 Å². The second-order valence-corrected chi connectivity index (χ2v) is 4.17. The summed E-state index contributed by atoms with van der Waals surface area (Å²) in [6, 6.07) is 8.64. The van der Waals surface area contributed by atoms with Crippen LogP contribution in [0, 0.1) is 11.3 Å². The summed E-state index contributed by atoms with van der Waals surface area (Å²) in [5, 5.41) is 18.4. The standard InChI is InChI=1S/C13H14N2O3/c14-7-10-2-1-3-11(6-10)8-15-4-5-18-13(17)12(15)9-16/h1-3,6,9,12-13,17H,4-5,8H2. The number of aliphatic hydroxyl groups is 1. The van der Waals surface area contributed by atoms with Crippen LogP contribution in [-0.2, 0) is 16.1 Å². The minimum atomic E-state index is -1.07. The van der Waals surface area contributed by atoms with Gasteiger partial charge in [-0.05, 0) is 17.7 Å². The highest BCUT2D eigenvalue weighted by Crippen LogP contribution is 2.15. The van der Waals surface area contributed by atoms with E-state index in [1.807, 2.05) is 11.0 Å². The van der Waals surface area contributed by atoms with Crippen molar-refractivity contribution < 1.29 is 14.6 Å². The Labute approximate surface area is 105 Å². The lowest BCUT2D eigenvalue weighted by Gasteiger charge is -2.35. The SMILES string of the molecule is N#Cc1cccc(CN2CCOC(O)C2C=O)c1. The van der Waals surface area contributed by atoms with Crippen LogP contribution in [0.4, 0.5) is 0 Å². The molecular formula is C13H14N2O3. The van der Waals surface area contributed by atoms with Crippen LogP contribution in [0.15, 0.2) is 24.3 Å². The summed E-state index contributed by atoms with van der Waals surface area (Å²) >= 11 is 0. The molecule has 0 radical (unpaired) electrons. The van der Waals surface area contributed by atoms with E-state index in [1.54, 1.807) is 18.2 Å². The lowest BCUT2D eigenvalue weighted by atomic mass is 10.1. The molecule has 1 saturated heterocycles. The van der Waals surface area contributed by atoms with Crippen molar-refractivity contribution in [2.24, 2.45) is 0 Å². The zero-order chi connectivity index (χ0) is 13.0. The van der Waals surface area contributed by atoms with Crippen LogP contribution in [0.2, 0.25) is 0 Å². The first-order valence-corrected chi connectivity index (χ1v) is 5.72. The van der Waals surface area contributed by atoms with Gasteiger partial charge in [-0.15, -0.1) is 0 Å². The Kier molecular flexibility index (Phi) is 4.05. The number of aliphatic hydroxyl groups excluding tert-OH is 1. The van der Waals surface area contributed by atoms with Crippen molar-refractivity contribution in [3.63, 3.8) is 0 Å². The first-order valence-electron chi connectivity index (χ1n) is 5.72. The van der Waals surface area contributed by atoms with E-state index in [2.05, 4.69) is 6.07 Å². The molecule has 0 amide bonds. The Bertz CT molecular complexity index is 470. The fraction of sp³-hybridized carbons (Fsp3) is 0.385. The molecule has 0 spiro atoms. The van der Waals surface area contributed by atoms with E-state index >= 15 is 0 Å². The minimum absolute atomic E-state index is 0.392. The second kappa shape index (κ2) is 5.74. The first-order chi connectivity index (χ1) is 8.74. The van der Waals surface area contributed by atoms with Crippen LogP contribution >= 0.6 is 0 Å². The van der Waals surface area contributed by atoms with Gasteiger partial charge in [-0.3, -0.25) is 4.90 Å². The highest BCUT2D eigenvalue weighted by atomic mass is 16.6. The van der Waals surface area contributed by atoms with Gasteiger partial charge in [0, 0.05) is 13.1 Å². The maximum atomic E-state index is 11.0. The minimum Gasteiger partial charge on any atom is -0.366 e. The van der Waals surface area contributed by atoms with Crippen molar-refractivity contribution in [3.8, 4) is 6.07 Å². The molecule has 1 fully saturated rings. The Morgan fingerprint density at radius 1 is 1.61 bits per heavy atom. The van der Waals surface area contributed by atoms with Gasteiger partial charge in [-0.25, -0.2) is 0 Å². The molecule has 1 aromatic rings. The maximum Gasteiger partial charge on any atom is 0.177 e. The average Bonchev–Trinajstić information content (AvgIpc) is 2.39. The predicted molar refractivity (Wildman–Crippen MR) is 63.4 cm³/mol. The van der Waals surface area contributed by atoms with Crippen molar-refractivity contribution >= 4 is 6.29 Å². The third kappa shape index (κ3) is 2.74. The summed E-state index contributed by atoms with van der Waals surface area (Å²) in [6.45, 7) is 1.49. The van der Waals surface area contributed by atoms with Crippen LogP contribution < -0.4 is 0 Å². The number of carbonyl (C=O) groups excluding carboxylic acids is 1. The first kappa shape index (κ1) is 12.7. The van der Waals surface area contributed by atoms with Gasteiger partial charge in [0.1, 0.15) is 12.3 Å². The normalized spacial score (nSPS) is 24.4. The smallest absolute Gasteiger partial charge is 0.177 e. The molecule has 0 aromatic heterocycles. The van der Waals surface area contributed by atoms with Crippen molar-refractivity contribution in [2.45, 2.75) is 18.9 Å². The average molecular weight is 246 g/mol. The molecule has 0 bridgehead atoms. The van der Waals surface area contributed by atoms with E-state index in [9.17, 15) is 9.90 Å². The third-order valence-corrected chi connectivity index (χ3v) is 2.96. The van der Waals surface area contributed by atoms with Gasteiger partial charge in [-0.1, -0.05) is 12.1 Å². The summed E-state index contributed by atoms with van der Waals surface area (Å²) in [6.07, 6.45) is -0.381. The molecule has 1 aromatic carbocycles. The van der Waals surface area contributed by atoms with Crippen LogP contribution in [0.25, 0.3) is 0 Å². The molecule has 1 N–H and O–H groups in total. The number of aldehydes is 1. The molecule has 1 aliphatic rings. The van der Waals surface area contributed by atoms with E-state index in [0.717, 1.165) is 5.56 Å². The molecule has 1 heterocycles. The van der Waals surface area contributed by atoms with Gasteiger partial charge in [-0.2, -0.15) is 5.26 Å². The van der Waals surface area contributed by atoms with Gasteiger partial charge in [0.05, 0.1) is 18.2 Å². The number of ether oxygens (including phenoxy) is 1. The van der Waals surface area contributed by atoms with Gasteiger partial charge in [0.15, 0.2) is 6.29 Å². The molecule has 1 aliphatic heterocycles. The molecule has 2 rings (SSSR count). The molecular weight excluding hydrogens is 232 g/mol. The molecule has 18 heavy (non-hydrogen) atoms. The van der Waals surface area contributed by atoms with Crippen LogP contribution in [0.3, 0.4) is 0 Å². The number of carbonyl (C=O) groups is 1. The summed E-state index contributed by atoms with van der Waals surface area (Å²) in [5.74, 6) is 0.